The second-order valence-electron chi connectivity index (χ2n) is 17.4. The maximum atomic E-state index is 13.2. The van der Waals surface area contributed by atoms with Gasteiger partial charge in [0.2, 0.25) is 0 Å². The Morgan fingerprint density at radius 1 is 0.536 bits per heavy atom. The zero-order valence-corrected chi connectivity index (χ0v) is 38.9. The molecule has 0 fully saturated rings. The smallest absolute Gasteiger partial charge is 0.465 e. The molecule has 0 N–H and O–H groups in total. The van der Waals surface area contributed by atoms with Crippen LogP contribution >= 0.6 is 11.8 Å². The van der Waals surface area contributed by atoms with Crippen LogP contribution in [0, 0.1) is 11.3 Å². The molecule has 56 heavy (non-hydrogen) atoms. The highest BCUT2D eigenvalue weighted by Gasteiger charge is 2.21. The SMILES string of the molecule is CCCCCCCCCC(=O)OCC(C)(C)CCCCCN(CCCCCCOC(=O)OCC(CCCCCCC)CCCCCCC)C(=O)SCCCCC. The standard InChI is InChI=1S/C48H93NO6S/c1-7-11-15-18-19-22-28-36-45(50)55-43-48(5,6)37-29-25-31-39-49(46(51)56-41-33-14-10-4)38-30-23-24-32-40-53-47(52)54-42-44(34-26-20-16-12-8-2)35-27-21-17-13-9-3/h44H,7-43H2,1-6H3. The van der Waals surface area contributed by atoms with E-state index in [0.717, 1.165) is 109 Å². The van der Waals surface area contributed by atoms with Crippen LogP contribution < -0.4 is 0 Å². The molecule has 0 aromatic rings. The number of esters is 1. The first-order valence-electron chi connectivity index (χ1n) is 24.1. The molecule has 332 valence electrons. The van der Waals surface area contributed by atoms with E-state index in [1.54, 1.807) is 0 Å². The summed E-state index contributed by atoms with van der Waals surface area (Å²) in [5.74, 6) is 1.27. The number of ether oxygens (including phenoxy) is 3. The molecule has 0 saturated carbocycles. The largest absolute Gasteiger partial charge is 0.508 e. The topological polar surface area (TPSA) is 82.1 Å². The van der Waals surface area contributed by atoms with E-state index in [1.807, 2.05) is 0 Å². The molecule has 8 heteroatoms. The fraction of sp³-hybridized carbons (Fsp3) is 0.938. The molecule has 0 saturated heterocycles. The van der Waals surface area contributed by atoms with Gasteiger partial charge in [-0.2, -0.15) is 0 Å². The van der Waals surface area contributed by atoms with Crippen molar-refractivity contribution in [2.75, 3.05) is 38.7 Å². The van der Waals surface area contributed by atoms with Crippen LogP contribution in [0.2, 0.25) is 0 Å². The van der Waals surface area contributed by atoms with Crippen molar-refractivity contribution in [3.05, 3.63) is 0 Å². The molecule has 0 aliphatic carbocycles. The summed E-state index contributed by atoms with van der Waals surface area (Å²) in [6.07, 6.45) is 34.7. The zero-order valence-electron chi connectivity index (χ0n) is 38.0. The molecule has 1 amide bonds. The highest BCUT2D eigenvalue weighted by atomic mass is 32.2. The van der Waals surface area contributed by atoms with E-state index in [9.17, 15) is 14.4 Å². The summed E-state index contributed by atoms with van der Waals surface area (Å²) in [5, 5.41) is 0.209. The molecular weight excluding hydrogens is 719 g/mol. The average Bonchev–Trinajstić information content (AvgIpc) is 3.18. The molecule has 7 nitrogen and oxygen atoms in total. The lowest BCUT2D eigenvalue weighted by Gasteiger charge is -2.25. The van der Waals surface area contributed by atoms with Gasteiger partial charge in [-0.15, -0.1) is 0 Å². The number of rotatable bonds is 41. The minimum Gasteiger partial charge on any atom is -0.465 e. The third-order valence-corrected chi connectivity index (χ3v) is 12.0. The van der Waals surface area contributed by atoms with Crippen molar-refractivity contribution in [2.45, 2.75) is 241 Å². The fourth-order valence-electron chi connectivity index (χ4n) is 7.15. The van der Waals surface area contributed by atoms with Crippen molar-refractivity contribution in [1.82, 2.24) is 4.90 Å². The second kappa shape index (κ2) is 40.3. The van der Waals surface area contributed by atoms with Gasteiger partial charge in [0.1, 0.15) is 0 Å². The first kappa shape index (κ1) is 54.6. The molecule has 0 radical (unpaired) electrons. The Morgan fingerprint density at radius 2 is 1.02 bits per heavy atom. The second-order valence-corrected chi connectivity index (χ2v) is 18.5. The lowest BCUT2D eigenvalue weighted by Crippen LogP contribution is -2.30. The fourth-order valence-corrected chi connectivity index (χ4v) is 8.04. The molecule has 0 bridgehead atoms. The van der Waals surface area contributed by atoms with Crippen LogP contribution in [0.3, 0.4) is 0 Å². The first-order valence-corrected chi connectivity index (χ1v) is 25.0. The Morgan fingerprint density at radius 3 is 1.61 bits per heavy atom. The molecule has 0 aromatic heterocycles. The van der Waals surface area contributed by atoms with Crippen LogP contribution in [0.4, 0.5) is 9.59 Å². The van der Waals surface area contributed by atoms with Crippen LogP contribution in [-0.4, -0.2) is 60.9 Å². The molecule has 0 aliphatic rings. The van der Waals surface area contributed by atoms with Gasteiger partial charge in [-0.05, 0) is 69.1 Å². The van der Waals surface area contributed by atoms with Crippen LogP contribution in [0.1, 0.15) is 241 Å². The highest BCUT2D eigenvalue weighted by Crippen LogP contribution is 2.25. The number of hydrogen-bond acceptors (Lipinski definition) is 7. The Kier molecular flexibility index (Phi) is 39.3. The number of unbranched alkanes of at least 4 members (excludes halogenated alkanes) is 21. The van der Waals surface area contributed by atoms with Gasteiger partial charge >= 0.3 is 12.1 Å². The third-order valence-electron chi connectivity index (χ3n) is 11.0. The first-order chi connectivity index (χ1) is 27.2. The lowest BCUT2D eigenvalue weighted by atomic mass is 9.88. The van der Waals surface area contributed by atoms with Gasteiger partial charge < -0.3 is 19.1 Å². The number of thioether (sulfide) groups is 1. The summed E-state index contributed by atoms with van der Waals surface area (Å²) in [5.41, 5.74) is -0.0373. The van der Waals surface area contributed by atoms with E-state index >= 15 is 0 Å². The predicted molar refractivity (Wildman–Crippen MR) is 241 cm³/mol. The van der Waals surface area contributed by atoms with Crippen molar-refractivity contribution < 1.29 is 28.6 Å². The van der Waals surface area contributed by atoms with E-state index in [0.29, 0.717) is 32.2 Å². The number of nitrogens with zero attached hydrogens (tertiary/aromatic N) is 1. The van der Waals surface area contributed by atoms with E-state index < -0.39 is 6.16 Å². The Labute approximate surface area is 352 Å². The molecule has 0 aromatic carbocycles. The normalized spacial score (nSPS) is 11.6. The van der Waals surface area contributed by atoms with Crippen molar-refractivity contribution in [1.29, 1.82) is 0 Å². The predicted octanol–water partition coefficient (Wildman–Crippen LogP) is 15.7. The van der Waals surface area contributed by atoms with E-state index in [-0.39, 0.29) is 16.6 Å². The van der Waals surface area contributed by atoms with Gasteiger partial charge in [0.15, 0.2) is 0 Å². The summed E-state index contributed by atoms with van der Waals surface area (Å²) in [7, 11) is 0. The summed E-state index contributed by atoms with van der Waals surface area (Å²) in [6, 6.07) is 0. The van der Waals surface area contributed by atoms with Crippen LogP contribution in [0.25, 0.3) is 0 Å². The lowest BCUT2D eigenvalue weighted by molar-refractivity contribution is -0.147. The summed E-state index contributed by atoms with van der Waals surface area (Å²) < 4.78 is 16.7. The number of hydrogen-bond donors (Lipinski definition) is 0. The van der Waals surface area contributed by atoms with Gasteiger partial charge in [-0.25, -0.2) is 4.79 Å². The molecule has 0 unspecified atom stereocenters. The van der Waals surface area contributed by atoms with Gasteiger partial charge in [-0.1, -0.05) is 188 Å². The quantitative estimate of drug-likeness (QED) is 0.0449. The molecule has 0 spiro atoms. The van der Waals surface area contributed by atoms with E-state index in [1.165, 1.54) is 114 Å². The maximum absolute atomic E-state index is 13.2. The van der Waals surface area contributed by atoms with Gasteiger partial charge in [-0.3, -0.25) is 9.59 Å². The third kappa shape index (κ3) is 36.9. The highest BCUT2D eigenvalue weighted by molar-refractivity contribution is 8.13. The van der Waals surface area contributed by atoms with Gasteiger partial charge in [0.25, 0.3) is 5.24 Å². The van der Waals surface area contributed by atoms with Crippen molar-refractivity contribution >= 4 is 29.1 Å². The summed E-state index contributed by atoms with van der Waals surface area (Å²) in [6.45, 7) is 16.2. The molecule has 0 rings (SSSR count). The monoisotopic (exact) mass is 812 g/mol. The maximum Gasteiger partial charge on any atom is 0.508 e. The Bertz CT molecular complexity index is 885. The molecular formula is C48H93NO6S. The van der Waals surface area contributed by atoms with Crippen molar-refractivity contribution in [2.24, 2.45) is 11.3 Å². The van der Waals surface area contributed by atoms with Crippen LogP contribution in [0.15, 0.2) is 0 Å². The number of carbonyl (C=O) groups excluding carboxylic acids is 3. The van der Waals surface area contributed by atoms with E-state index in [4.69, 9.17) is 14.2 Å². The van der Waals surface area contributed by atoms with Crippen molar-refractivity contribution in [3.63, 3.8) is 0 Å². The summed E-state index contributed by atoms with van der Waals surface area (Å²) >= 11 is 1.48. The number of amides is 1. The van der Waals surface area contributed by atoms with Crippen LogP contribution in [-0.2, 0) is 19.0 Å². The Hall–Kier alpha value is -1.44. The molecule has 0 aliphatic heterocycles. The summed E-state index contributed by atoms with van der Waals surface area (Å²) in [4.78, 5) is 39.9. The number of carbonyl (C=O) groups is 3. The van der Waals surface area contributed by atoms with Gasteiger partial charge in [0.05, 0.1) is 19.8 Å². The average molecular weight is 812 g/mol. The minimum absolute atomic E-state index is 0.0373. The zero-order chi connectivity index (χ0) is 41.4. The van der Waals surface area contributed by atoms with Crippen LogP contribution in [0.5, 0.6) is 0 Å². The minimum atomic E-state index is -0.521. The van der Waals surface area contributed by atoms with Gasteiger partial charge in [0, 0.05) is 25.3 Å². The molecule has 0 atom stereocenters. The molecule has 0 heterocycles. The van der Waals surface area contributed by atoms with Crippen molar-refractivity contribution in [3.8, 4) is 0 Å². The Balaban J connectivity index is 4.43. The van der Waals surface area contributed by atoms with E-state index in [2.05, 4.69) is 46.4 Å².